The van der Waals surface area contributed by atoms with Crippen molar-refractivity contribution in [1.29, 1.82) is 0 Å². The van der Waals surface area contributed by atoms with Gasteiger partial charge in [0.05, 0.1) is 19.1 Å². The fourth-order valence-electron chi connectivity index (χ4n) is 1.48. The van der Waals surface area contributed by atoms with Crippen molar-refractivity contribution in [1.82, 2.24) is 0 Å². The SMILES string of the molecule is Cc1ccc2occ(COS(C)(=O)=O)c2c1. The highest BCUT2D eigenvalue weighted by Crippen LogP contribution is 2.23. The van der Waals surface area contributed by atoms with Crippen molar-refractivity contribution >= 4 is 21.1 Å². The highest BCUT2D eigenvalue weighted by molar-refractivity contribution is 7.85. The maximum absolute atomic E-state index is 10.9. The van der Waals surface area contributed by atoms with E-state index in [4.69, 9.17) is 8.60 Å². The van der Waals surface area contributed by atoms with Crippen LogP contribution in [0.4, 0.5) is 0 Å². The van der Waals surface area contributed by atoms with Gasteiger partial charge in [0, 0.05) is 10.9 Å². The molecule has 0 aliphatic carbocycles. The minimum Gasteiger partial charge on any atom is -0.464 e. The minimum absolute atomic E-state index is 0.00921. The molecule has 0 aliphatic heterocycles. The Bertz CT molecular complexity index is 610. The monoisotopic (exact) mass is 240 g/mol. The van der Waals surface area contributed by atoms with Crippen LogP contribution in [0.5, 0.6) is 0 Å². The Hall–Kier alpha value is -1.33. The van der Waals surface area contributed by atoms with E-state index in [1.54, 1.807) is 0 Å². The number of benzene rings is 1. The Morgan fingerprint density at radius 3 is 2.81 bits per heavy atom. The van der Waals surface area contributed by atoms with Crippen LogP contribution in [-0.4, -0.2) is 14.7 Å². The molecule has 0 bridgehead atoms. The summed E-state index contributed by atoms with van der Waals surface area (Å²) in [5.41, 5.74) is 2.57. The number of fused-ring (bicyclic) bond motifs is 1. The van der Waals surface area contributed by atoms with Gasteiger partial charge in [0.15, 0.2) is 0 Å². The lowest BCUT2D eigenvalue weighted by Crippen LogP contribution is -2.02. The third-order valence-corrected chi connectivity index (χ3v) is 2.78. The molecular formula is C11H12O4S. The molecule has 2 rings (SSSR count). The molecule has 86 valence electrons. The Morgan fingerprint density at radius 1 is 1.38 bits per heavy atom. The molecule has 0 unspecified atom stereocenters. The summed E-state index contributed by atoms with van der Waals surface area (Å²) in [7, 11) is -3.42. The smallest absolute Gasteiger partial charge is 0.264 e. The van der Waals surface area contributed by atoms with Crippen molar-refractivity contribution in [3.8, 4) is 0 Å². The van der Waals surface area contributed by atoms with Crippen LogP contribution in [0.15, 0.2) is 28.9 Å². The van der Waals surface area contributed by atoms with E-state index in [1.165, 1.54) is 6.26 Å². The van der Waals surface area contributed by atoms with E-state index < -0.39 is 10.1 Å². The lowest BCUT2D eigenvalue weighted by molar-refractivity contribution is 0.311. The standard InChI is InChI=1S/C11H12O4S/c1-8-3-4-11-10(5-8)9(6-14-11)7-15-16(2,12)13/h3-6H,7H2,1-2H3. The first kappa shape index (κ1) is 11.2. The van der Waals surface area contributed by atoms with Gasteiger partial charge in [0.2, 0.25) is 0 Å². The van der Waals surface area contributed by atoms with Gasteiger partial charge in [-0.15, -0.1) is 0 Å². The number of hydrogen-bond acceptors (Lipinski definition) is 4. The molecule has 0 spiro atoms. The van der Waals surface area contributed by atoms with Gasteiger partial charge in [-0.25, -0.2) is 0 Å². The zero-order valence-electron chi connectivity index (χ0n) is 9.06. The minimum atomic E-state index is -3.42. The number of hydrogen-bond donors (Lipinski definition) is 0. The molecule has 1 aromatic carbocycles. The average Bonchev–Trinajstić information content (AvgIpc) is 2.56. The topological polar surface area (TPSA) is 56.5 Å². The van der Waals surface area contributed by atoms with E-state index in [2.05, 4.69) is 0 Å². The second-order valence-corrected chi connectivity index (χ2v) is 5.37. The number of furan rings is 1. The maximum Gasteiger partial charge on any atom is 0.264 e. The van der Waals surface area contributed by atoms with Crippen molar-refractivity contribution < 1.29 is 17.0 Å². The van der Waals surface area contributed by atoms with Crippen LogP contribution in [-0.2, 0) is 20.9 Å². The predicted molar refractivity (Wildman–Crippen MR) is 60.6 cm³/mol. The Kier molecular flexibility index (Phi) is 2.73. The second-order valence-electron chi connectivity index (χ2n) is 3.73. The van der Waals surface area contributed by atoms with E-state index in [1.807, 2.05) is 25.1 Å². The zero-order chi connectivity index (χ0) is 11.8. The molecule has 0 radical (unpaired) electrons. The van der Waals surface area contributed by atoms with Crippen molar-refractivity contribution in [2.75, 3.05) is 6.26 Å². The van der Waals surface area contributed by atoms with Gasteiger partial charge in [-0.2, -0.15) is 8.42 Å². The van der Waals surface area contributed by atoms with E-state index in [0.29, 0.717) is 0 Å². The lowest BCUT2D eigenvalue weighted by Gasteiger charge is -1.99. The van der Waals surface area contributed by atoms with Gasteiger partial charge < -0.3 is 4.42 Å². The van der Waals surface area contributed by atoms with Crippen LogP contribution >= 0.6 is 0 Å². The van der Waals surface area contributed by atoms with Gasteiger partial charge in [0.25, 0.3) is 10.1 Å². The normalized spacial score (nSPS) is 12.1. The quantitative estimate of drug-likeness (QED) is 0.772. The van der Waals surface area contributed by atoms with Gasteiger partial charge in [-0.1, -0.05) is 11.6 Å². The van der Waals surface area contributed by atoms with Crippen LogP contribution in [0.3, 0.4) is 0 Å². The average molecular weight is 240 g/mol. The van der Waals surface area contributed by atoms with E-state index in [-0.39, 0.29) is 6.61 Å². The highest BCUT2D eigenvalue weighted by Gasteiger charge is 2.09. The number of aryl methyl sites for hydroxylation is 1. The van der Waals surface area contributed by atoms with Crippen LogP contribution < -0.4 is 0 Å². The molecule has 0 fully saturated rings. The summed E-state index contributed by atoms with van der Waals surface area (Å²) in [5.74, 6) is 0. The van der Waals surface area contributed by atoms with Crippen molar-refractivity contribution in [2.45, 2.75) is 13.5 Å². The largest absolute Gasteiger partial charge is 0.464 e. The molecule has 16 heavy (non-hydrogen) atoms. The molecule has 0 atom stereocenters. The van der Waals surface area contributed by atoms with Crippen LogP contribution in [0, 0.1) is 6.92 Å². The van der Waals surface area contributed by atoms with Gasteiger partial charge in [-0.05, 0) is 19.1 Å². The van der Waals surface area contributed by atoms with Crippen LogP contribution in [0.2, 0.25) is 0 Å². The third kappa shape index (κ3) is 2.43. The molecule has 0 saturated carbocycles. The third-order valence-electron chi connectivity index (χ3n) is 2.24. The molecule has 0 saturated heterocycles. The Labute approximate surface area is 94.0 Å². The van der Waals surface area contributed by atoms with Crippen LogP contribution in [0.1, 0.15) is 11.1 Å². The van der Waals surface area contributed by atoms with Crippen LogP contribution in [0.25, 0.3) is 11.0 Å². The Morgan fingerprint density at radius 2 is 2.12 bits per heavy atom. The van der Waals surface area contributed by atoms with E-state index >= 15 is 0 Å². The molecule has 1 heterocycles. The zero-order valence-corrected chi connectivity index (χ0v) is 9.87. The summed E-state index contributed by atoms with van der Waals surface area (Å²) < 4.78 is 31.8. The first-order chi connectivity index (χ1) is 7.46. The van der Waals surface area contributed by atoms with E-state index in [0.717, 1.165) is 28.4 Å². The fourth-order valence-corrected chi connectivity index (χ4v) is 1.82. The summed E-state index contributed by atoms with van der Waals surface area (Å²) in [6.45, 7) is 1.98. The lowest BCUT2D eigenvalue weighted by atomic mass is 10.1. The van der Waals surface area contributed by atoms with Gasteiger partial charge in [0.1, 0.15) is 5.58 Å². The molecule has 2 aromatic rings. The van der Waals surface area contributed by atoms with Crippen molar-refractivity contribution in [3.63, 3.8) is 0 Å². The summed E-state index contributed by atoms with van der Waals surface area (Å²) in [5, 5.41) is 0.892. The summed E-state index contributed by atoms with van der Waals surface area (Å²) in [4.78, 5) is 0. The van der Waals surface area contributed by atoms with Crippen molar-refractivity contribution in [2.24, 2.45) is 0 Å². The molecule has 0 aliphatic rings. The number of rotatable bonds is 3. The molecule has 1 aromatic heterocycles. The fraction of sp³-hybridized carbons (Fsp3) is 0.273. The summed E-state index contributed by atoms with van der Waals surface area (Å²) in [6.07, 6.45) is 2.55. The molecular weight excluding hydrogens is 228 g/mol. The second kappa shape index (κ2) is 3.92. The van der Waals surface area contributed by atoms with Gasteiger partial charge in [-0.3, -0.25) is 4.18 Å². The summed E-state index contributed by atoms with van der Waals surface area (Å²) in [6, 6.07) is 5.74. The first-order valence-electron chi connectivity index (χ1n) is 4.77. The predicted octanol–water partition coefficient (Wildman–Crippen LogP) is 2.22. The Balaban J connectivity index is 2.34. The van der Waals surface area contributed by atoms with Crippen molar-refractivity contribution in [3.05, 3.63) is 35.6 Å². The molecule has 0 amide bonds. The van der Waals surface area contributed by atoms with Gasteiger partial charge >= 0.3 is 0 Å². The highest BCUT2D eigenvalue weighted by atomic mass is 32.2. The maximum atomic E-state index is 10.9. The molecule has 4 nitrogen and oxygen atoms in total. The molecule has 5 heteroatoms. The summed E-state index contributed by atoms with van der Waals surface area (Å²) >= 11 is 0. The first-order valence-corrected chi connectivity index (χ1v) is 6.58. The van der Waals surface area contributed by atoms with E-state index in [9.17, 15) is 8.42 Å². The molecule has 0 N–H and O–H groups in total.